The second kappa shape index (κ2) is 4.34. The summed E-state index contributed by atoms with van der Waals surface area (Å²) >= 11 is 0. The lowest BCUT2D eigenvalue weighted by Crippen LogP contribution is -2.13. The minimum atomic E-state index is 0.570. The standard InChI is InChI=1S/C9H16N8/c1-11-5-4-6(15-10)14-9-7(5)8(12-2)16-17(9)13-3/h4,13H,10H2,1-3H3,(H,12,16)(H2,11,14,15). The van der Waals surface area contributed by atoms with Crippen molar-refractivity contribution in [1.82, 2.24) is 14.9 Å². The Morgan fingerprint density at radius 1 is 1.24 bits per heavy atom. The molecule has 0 fully saturated rings. The molecular weight excluding hydrogens is 220 g/mol. The van der Waals surface area contributed by atoms with Crippen molar-refractivity contribution < 1.29 is 0 Å². The molecule has 0 radical (unpaired) electrons. The van der Waals surface area contributed by atoms with Gasteiger partial charge in [-0.25, -0.2) is 10.8 Å². The highest BCUT2D eigenvalue weighted by Crippen LogP contribution is 2.30. The summed E-state index contributed by atoms with van der Waals surface area (Å²) in [4.78, 5) is 5.95. The van der Waals surface area contributed by atoms with Gasteiger partial charge in [0.1, 0.15) is 5.82 Å². The van der Waals surface area contributed by atoms with Gasteiger partial charge in [-0.3, -0.25) is 0 Å². The van der Waals surface area contributed by atoms with Crippen LogP contribution in [0.5, 0.6) is 0 Å². The highest BCUT2D eigenvalue weighted by atomic mass is 15.6. The Labute approximate surface area is 98.5 Å². The maximum absolute atomic E-state index is 5.39. The minimum absolute atomic E-state index is 0.570. The van der Waals surface area contributed by atoms with Crippen LogP contribution in [-0.2, 0) is 0 Å². The van der Waals surface area contributed by atoms with Crippen molar-refractivity contribution >= 4 is 28.4 Å². The molecule has 2 heterocycles. The summed E-state index contributed by atoms with van der Waals surface area (Å²) in [6, 6.07) is 1.82. The molecule has 0 bridgehead atoms. The highest BCUT2D eigenvalue weighted by molar-refractivity contribution is 5.99. The molecule has 0 atom stereocenters. The fourth-order valence-electron chi connectivity index (χ4n) is 1.72. The van der Waals surface area contributed by atoms with Crippen LogP contribution in [0.4, 0.5) is 17.3 Å². The molecule has 0 aliphatic rings. The first-order chi connectivity index (χ1) is 8.24. The number of hydrogen-bond donors (Lipinski definition) is 5. The zero-order chi connectivity index (χ0) is 12.4. The number of nitrogens with two attached hydrogens (primary N) is 1. The van der Waals surface area contributed by atoms with E-state index in [-0.39, 0.29) is 0 Å². The largest absolute Gasteiger partial charge is 0.387 e. The molecule has 17 heavy (non-hydrogen) atoms. The molecular formula is C9H16N8. The first kappa shape index (κ1) is 11.3. The molecule has 2 rings (SSSR count). The van der Waals surface area contributed by atoms with E-state index in [1.807, 2.05) is 20.2 Å². The summed E-state index contributed by atoms with van der Waals surface area (Å²) in [6.45, 7) is 0. The average Bonchev–Trinajstić information content (AvgIpc) is 2.75. The number of fused-ring (bicyclic) bond motifs is 1. The van der Waals surface area contributed by atoms with Crippen molar-refractivity contribution in [2.24, 2.45) is 5.84 Å². The molecule has 0 aliphatic carbocycles. The number of anilines is 3. The number of aromatic nitrogens is 3. The topological polar surface area (TPSA) is 105 Å². The second-order valence-electron chi connectivity index (χ2n) is 3.38. The van der Waals surface area contributed by atoms with E-state index in [2.05, 4.69) is 31.6 Å². The lowest BCUT2D eigenvalue weighted by molar-refractivity contribution is 0.803. The fourth-order valence-corrected chi connectivity index (χ4v) is 1.72. The Kier molecular flexibility index (Phi) is 2.88. The number of nitrogens with one attached hydrogen (secondary N) is 4. The lowest BCUT2D eigenvalue weighted by atomic mass is 10.2. The van der Waals surface area contributed by atoms with Gasteiger partial charge in [-0.1, -0.05) is 0 Å². The zero-order valence-electron chi connectivity index (χ0n) is 10.00. The molecule has 2 aromatic heterocycles. The maximum Gasteiger partial charge on any atom is 0.186 e. The third-order valence-corrected chi connectivity index (χ3v) is 2.50. The first-order valence-corrected chi connectivity index (χ1v) is 5.18. The molecule has 8 nitrogen and oxygen atoms in total. The summed E-state index contributed by atoms with van der Waals surface area (Å²) in [7, 11) is 5.43. The molecule has 6 N–H and O–H groups in total. The van der Waals surface area contributed by atoms with Gasteiger partial charge in [0.25, 0.3) is 0 Å². The van der Waals surface area contributed by atoms with Gasteiger partial charge in [0, 0.05) is 27.2 Å². The van der Waals surface area contributed by atoms with Crippen LogP contribution in [0.3, 0.4) is 0 Å². The Morgan fingerprint density at radius 2 is 2.00 bits per heavy atom. The third kappa shape index (κ3) is 1.68. The minimum Gasteiger partial charge on any atom is -0.387 e. The van der Waals surface area contributed by atoms with Gasteiger partial charge >= 0.3 is 0 Å². The molecule has 0 unspecified atom stereocenters. The number of hydrogen-bond acceptors (Lipinski definition) is 7. The third-order valence-electron chi connectivity index (χ3n) is 2.50. The van der Waals surface area contributed by atoms with E-state index < -0.39 is 0 Å². The van der Waals surface area contributed by atoms with Gasteiger partial charge in [0.2, 0.25) is 0 Å². The molecule has 0 amide bonds. The van der Waals surface area contributed by atoms with E-state index in [9.17, 15) is 0 Å². The number of rotatable bonds is 4. The van der Waals surface area contributed by atoms with E-state index in [0.29, 0.717) is 11.5 Å². The monoisotopic (exact) mass is 236 g/mol. The van der Waals surface area contributed by atoms with E-state index in [4.69, 9.17) is 5.84 Å². The highest BCUT2D eigenvalue weighted by Gasteiger charge is 2.15. The Balaban J connectivity index is 2.79. The number of nitrogens with zero attached hydrogens (tertiary/aromatic N) is 3. The quantitative estimate of drug-likeness (QED) is 0.375. The van der Waals surface area contributed by atoms with Crippen molar-refractivity contribution in [3.8, 4) is 0 Å². The summed E-state index contributed by atoms with van der Waals surface area (Å²) < 4.78 is 0. The first-order valence-electron chi connectivity index (χ1n) is 5.18. The fraction of sp³-hybridized carbons (Fsp3) is 0.333. The SMILES string of the molecule is CNc1cc(NN)nc2c1c(NC)nn2NC. The van der Waals surface area contributed by atoms with Crippen LogP contribution < -0.4 is 27.3 Å². The lowest BCUT2D eigenvalue weighted by Gasteiger charge is -2.07. The van der Waals surface area contributed by atoms with E-state index in [1.54, 1.807) is 11.8 Å². The molecule has 0 saturated carbocycles. The summed E-state index contributed by atoms with van der Waals surface area (Å²) in [5, 5.41) is 11.4. The molecule has 8 heteroatoms. The van der Waals surface area contributed by atoms with Crippen LogP contribution in [0.25, 0.3) is 11.0 Å². The van der Waals surface area contributed by atoms with Gasteiger partial charge in [-0.2, -0.15) is 4.79 Å². The number of pyridine rings is 1. The van der Waals surface area contributed by atoms with Crippen molar-refractivity contribution in [3.63, 3.8) is 0 Å². The summed E-state index contributed by atoms with van der Waals surface area (Å²) in [6.07, 6.45) is 0. The smallest absolute Gasteiger partial charge is 0.186 e. The summed E-state index contributed by atoms with van der Waals surface area (Å²) in [5.41, 5.74) is 7.05. The van der Waals surface area contributed by atoms with Crippen LogP contribution in [0, 0.1) is 0 Å². The zero-order valence-corrected chi connectivity index (χ0v) is 10.00. The van der Waals surface area contributed by atoms with Gasteiger partial charge in [-0.15, -0.1) is 5.10 Å². The van der Waals surface area contributed by atoms with Crippen LogP contribution >= 0.6 is 0 Å². The summed E-state index contributed by atoms with van der Waals surface area (Å²) in [5.74, 6) is 6.70. The van der Waals surface area contributed by atoms with E-state index >= 15 is 0 Å². The molecule has 92 valence electrons. The van der Waals surface area contributed by atoms with E-state index in [0.717, 1.165) is 16.9 Å². The molecule has 0 saturated heterocycles. The van der Waals surface area contributed by atoms with Crippen molar-refractivity contribution in [2.75, 3.05) is 42.6 Å². The maximum atomic E-state index is 5.39. The Hall–Kier alpha value is -2.22. The molecule has 0 aromatic carbocycles. The second-order valence-corrected chi connectivity index (χ2v) is 3.38. The van der Waals surface area contributed by atoms with Crippen LogP contribution in [-0.4, -0.2) is 36.0 Å². The average molecular weight is 236 g/mol. The molecule has 0 spiro atoms. The Morgan fingerprint density at radius 3 is 2.53 bits per heavy atom. The predicted molar refractivity (Wildman–Crippen MR) is 69.7 cm³/mol. The molecule has 2 aromatic rings. The Bertz CT molecular complexity index is 531. The predicted octanol–water partition coefficient (Wildman–Crippen LogP) is -0.0264. The normalized spacial score (nSPS) is 10.4. The van der Waals surface area contributed by atoms with Crippen molar-refractivity contribution in [3.05, 3.63) is 6.07 Å². The van der Waals surface area contributed by atoms with Gasteiger partial charge in [-0.05, 0) is 0 Å². The van der Waals surface area contributed by atoms with Gasteiger partial charge in [0.15, 0.2) is 11.5 Å². The molecule has 0 aliphatic heterocycles. The van der Waals surface area contributed by atoms with Crippen molar-refractivity contribution in [2.45, 2.75) is 0 Å². The van der Waals surface area contributed by atoms with Gasteiger partial charge < -0.3 is 21.5 Å². The van der Waals surface area contributed by atoms with Gasteiger partial charge in [0.05, 0.1) is 11.1 Å². The number of hydrazine groups is 1. The van der Waals surface area contributed by atoms with Crippen LogP contribution in [0.15, 0.2) is 6.07 Å². The van der Waals surface area contributed by atoms with E-state index in [1.165, 1.54) is 0 Å². The van der Waals surface area contributed by atoms with Crippen molar-refractivity contribution in [1.29, 1.82) is 0 Å². The van der Waals surface area contributed by atoms with Crippen LogP contribution in [0.1, 0.15) is 0 Å². The van der Waals surface area contributed by atoms with Crippen LogP contribution in [0.2, 0.25) is 0 Å². The number of nitrogen functional groups attached to an aromatic ring is 1.